The minimum absolute atomic E-state index is 0.141. The highest BCUT2D eigenvalue weighted by Gasteiger charge is 2.10. The molecule has 0 atom stereocenters. The van der Waals surface area contributed by atoms with Crippen molar-refractivity contribution in [1.82, 2.24) is 5.32 Å². The average molecular weight is 309 g/mol. The van der Waals surface area contributed by atoms with Crippen molar-refractivity contribution in [3.05, 3.63) is 52.8 Å². The molecule has 0 saturated heterocycles. The largest absolute Gasteiger partial charge is 0.454 e. The van der Waals surface area contributed by atoms with E-state index in [2.05, 4.69) is 5.32 Å². The molecule has 0 aliphatic carbocycles. The highest BCUT2D eigenvalue weighted by atomic mass is 35.5. The van der Waals surface area contributed by atoms with Gasteiger partial charge >= 0.3 is 0 Å². The number of nitrogens with two attached hydrogens (primary N) is 1. The maximum atomic E-state index is 13.0. The fourth-order valence-corrected chi connectivity index (χ4v) is 1.93. The van der Waals surface area contributed by atoms with Crippen LogP contribution in [-0.4, -0.2) is 12.5 Å². The van der Waals surface area contributed by atoms with E-state index in [9.17, 15) is 9.18 Å². The molecule has 0 unspecified atom stereocenters. The summed E-state index contributed by atoms with van der Waals surface area (Å²) in [4.78, 5) is 11.7. The minimum Gasteiger partial charge on any atom is -0.454 e. The molecule has 2 aromatic rings. The van der Waals surface area contributed by atoms with E-state index in [1.54, 1.807) is 12.1 Å². The Morgan fingerprint density at radius 1 is 1.29 bits per heavy atom. The van der Waals surface area contributed by atoms with Gasteiger partial charge in [0.25, 0.3) is 5.91 Å². The molecule has 0 radical (unpaired) electrons. The molecule has 110 valence electrons. The Bertz CT molecular complexity index is 677. The van der Waals surface area contributed by atoms with Gasteiger partial charge in [-0.05, 0) is 43.3 Å². The average Bonchev–Trinajstić information content (AvgIpc) is 2.44. The minimum atomic E-state index is -0.452. The molecule has 6 heteroatoms. The van der Waals surface area contributed by atoms with E-state index in [-0.39, 0.29) is 16.7 Å². The molecule has 3 N–H and O–H groups in total. The number of ether oxygens (including phenoxy) is 1. The lowest BCUT2D eigenvalue weighted by Gasteiger charge is -2.11. The lowest BCUT2D eigenvalue weighted by molar-refractivity contribution is 0.0956. The van der Waals surface area contributed by atoms with E-state index in [1.165, 1.54) is 18.2 Å². The van der Waals surface area contributed by atoms with E-state index in [0.29, 0.717) is 23.5 Å². The first-order valence-electron chi connectivity index (χ1n) is 6.32. The molecular formula is C15H14ClFN2O2. The second-order valence-electron chi connectivity index (χ2n) is 4.29. The quantitative estimate of drug-likeness (QED) is 0.848. The van der Waals surface area contributed by atoms with Gasteiger partial charge in [0.1, 0.15) is 17.3 Å². The summed E-state index contributed by atoms with van der Waals surface area (Å²) in [5.41, 5.74) is 6.59. The molecule has 2 aromatic carbocycles. The SMILES string of the molecule is CCNC(=O)c1ccc(Oc2ccc(F)cc2Cl)c(N)c1. The summed E-state index contributed by atoms with van der Waals surface area (Å²) in [5.74, 6) is -0.0328. The first-order valence-corrected chi connectivity index (χ1v) is 6.69. The molecular weight excluding hydrogens is 295 g/mol. The van der Waals surface area contributed by atoms with Crippen LogP contribution in [0.4, 0.5) is 10.1 Å². The molecule has 0 aliphatic heterocycles. The monoisotopic (exact) mass is 308 g/mol. The van der Waals surface area contributed by atoms with Crippen molar-refractivity contribution in [3.63, 3.8) is 0 Å². The van der Waals surface area contributed by atoms with Gasteiger partial charge in [-0.15, -0.1) is 0 Å². The van der Waals surface area contributed by atoms with Crippen LogP contribution in [0.1, 0.15) is 17.3 Å². The highest BCUT2D eigenvalue weighted by Crippen LogP contribution is 2.33. The van der Waals surface area contributed by atoms with Crippen molar-refractivity contribution < 1.29 is 13.9 Å². The van der Waals surface area contributed by atoms with Crippen LogP contribution in [-0.2, 0) is 0 Å². The van der Waals surface area contributed by atoms with Crippen LogP contribution in [0.2, 0.25) is 5.02 Å². The molecule has 0 aromatic heterocycles. The Morgan fingerprint density at radius 2 is 2.00 bits per heavy atom. The summed E-state index contributed by atoms with van der Waals surface area (Å²) < 4.78 is 18.5. The lowest BCUT2D eigenvalue weighted by Crippen LogP contribution is -2.22. The third-order valence-corrected chi connectivity index (χ3v) is 3.02. The number of nitrogen functional groups attached to an aromatic ring is 1. The maximum Gasteiger partial charge on any atom is 0.251 e. The van der Waals surface area contributed by atoms with Crippen LogP contribution < -0.4 is 15.8 Å². The Balaban J connectivity index is 2.23. The van der Waals surface area contributed by atoms with Gasteiger partial charge < -0.3 is 15.8 Å². The molecule has 0 fully saturated rings. The molecule has 4 nitrogen and oxygen atoms in total. The van der Waals surface area contributed by atoms with Gasteiger partial charge in [0, 0.05) is 12.1 Å². The number of amides is 1. The van der Waals surface area contributed by atoms with Crippen molar-refractivity contribution in [1.29, 1.82) is 0 Å². The Kier molecular flexibility index (Phi) is 4.65. The van der Waals surface area contributed by atoms with Gasteiger partial charge in [0.15, 0.2) is 0 Å². The van der Waals surface area contributed by atoms with Crippen molar-refractivity contribution >= 4 is 23.2 Å². The molecule has 0 spiro atoms. The number of carbonyl (C=O) groups is 1. The van der Waals surface area contributed by atoms with Gasteiger partial charge in [-0.3, -0.25) is 4.79 Å². The van der Waals surface area contributed by atoms with E-state index in [1.807, 2.05) is 6.92 Å². The predicted octanol–water partition coefficient (Wildman–Crippen LogP) is 3.60. The van der Waals surface area contributed by atoms with Crippen molar-refractivity contribution in [2.24, 2.45) is 0 Å². The molecule has 0 bridgehead atoms. The number of nitrogens with one attached hydrogen (secondary N) is 1. The van der Waals surface area contributed by atoms with Crippen molar-refractivity contribution in [3.8, 4) is 11.5 Å². The number of rotatable bonds is 4. The van der Waals surface area contributed by atoms with Crippen LogP contribution in [0.3, 0.4) is 0 Å². The second kappa shape index (κ2) is 6.45. The number of anilines is 1. The van der Waals surface area contributed by atoms with Crippen LogP contribution >= 0.6 is 11.6 Å². The third kappa shape index (κ3) is 3.64. The predicted molar refractivity (Wildman–Crippen MR) is 80.3 cm³/mol. The standard InChI is InChI=1S/C15H14ClFN2O2/c1-2-19-15(20)9-3-5-14(12(18)7-9)21-13-6-4-10(17)8-11(13)16/h3-8H,2,18H2,1H3,(H,19,20). The van der Waals surface area contributed by atoms with Crippen LogP contribution in [0.5, 0.6) is 11.5 Å². The van der Waals surface area contributed by atoms with Crippen LogP contribution in [0.15, 0.2) is 36.4 Å². The fourth-order valence-electron chi connectivity index (χ4n) is 1.72. The van der Waals surface area contributed by atoms with E-state index in [0.717, 1.165) is 6.07 Å². The zero-order chi connectivity index (χ0) is 15.4. The zero-order valence-corrected chi connectivity index (χ0v) is 12.1. The molecule has 0 aliphatic rings. The summed E-state index contributed by atoms with van der Waals surface area (Å²) in [6.45, 7) is 2.36. The van der Waals surface area contributed by atoms with Gasteiger partial charge in [-0.1, -0.05) is 11.6 Å². The molecule has 0 saturated carbocycles. The van der Waals surface area contributed by atoms with E-state index >= 15 is 0 Å². The number of benzene rings is 2. The Morgan fingerprint density at radius 3 is 2.62 bits per heavy atom. The Hall–Kier alpha value is -2.27. The first kappa shape index (κ1) is 15.1. The normalized spacial score (nSPS) is 10.2. The summed E-state index contributed by atoms with van der Waals surface area (Å²) in [7, 11) is 0. The van der Waals surface area contributed by atoms with Gasteiger partial charge in [0.2, 0.25) is 0 Å². The fraction of sp³-hybridized carbons (Fsp3) is 0.133. The highest BCUT2D eigenvalue weighted by molar-refractivity contribution is 6.32. The molecule has 1 amide bonds. The van der Waals surface area contributed by atoms with E-state index < -0.39 is 5.82 Å². The zero-order valence-electron chi connectivity index (χ0n) is 11.3. The number of hydrogen-bond donors (Lipinski definition) is 2. The summed E-state index contributed by atoms with van der Waals surface area (Å²) in [6, 6.07) is 8.47. The summed E-state index contributed by atoms with van der Waals surface area (Å²) >= 11 is 5.88. The van der Waals surface area contributed by atoms with Gasteiger partial charge in [0.05, 0.1) is 10.7 Å². The topological polar surface area (TPSA) is 64.3 Å². The Labute approximate surface area is 126 Å². The van der Waals surface area contributed by atoms with Crippen LogP contribution in [0, 0.1) is 5.82 Å². The summed E-state index contributed by atoms with van der Waals surface area (Å²) in [6.07, 6.45) is 0. The lowest BCUT2D eigenvalue weighted by atomic mass is 10.1. The van der Waals surface area contributed by atoms with Crippen LogP contribution in [0.25, 0.3) is 0 Å². The second-order valence-corrected chi connectivity index (χ2v) is 4.70. The van der Waals surface area contributed by atoms with Crippen molar-refractivity contribution in [2.45, 2.75) is 6.92 Å². The smallest absolute Gasteiger partial charge is 0.251 e. The van der Waals surface area contributed by atoms with Gasteiger partial charge in [-0.2, -0.15) is 0 Å². The van der Waals surface area contributed by atoms with E-state index in [4.69, 9.17) is 22.1 Å². The summed E-state index contributed by atoms with van der Waals surface area (Å²) in [5, 5.41) is 2.82. The molecule has 0 heterocycles. The van der Waals surface area contributed by atoms with Gasteiger partial charge in [-0.25, -0.2) is 4.39 Å². The van der Waals surface area contributed by atoms with Crippen molar-refractivity contribution in [2.75, 3.05) is 12.3 Å². The number of carbonyl (C=O) groups excluding carboxylic acids is 1. The first-order chi connectivity index (χ1) is 10.0. The number of halogens is 2. The number of hydrogen-bond acceptors (Lipinski definition) is 3. The maximum absolute atomic E-state index is 13.0. The molecule has 21 heavy (non-hydrogen) atoms. The molecule has 2 rings (SSSR count). The third-order valence-electron chi connectivity index (χ3n) is 2.72.